The zero-order valence-electron chi connectivity index (χ0n) is 13.7. The van der Waals surface area contributed by atoms with Crippen molar-refractivity contribution in [2.24, 2.45) is 0 Å². The summed E-state index contributed by atoms with van der Waals surface area (Å²) in [6, 6.07) is 1.30. The number of aliphatic hydroxyl groups is 1. The smallest absolute Gasteiger partial charge is 0.228 e. The van der Waals surface area contributed by atoms with Gasteiger partial charge in [0, 0.05) is 25.3 Å². The summed E-state index contributed by atoms with van der Waals surface area (Å²) >= 11 is 0. The molecule has 0 bridgehead atoms. The molecule has 2 unspecified atom stereocenters. The third-order valence-corrected chi connectivity index (χ3v) is 4.82. The summed E-state index contributed by atoms with van der Waals surface area (Å²) in [5.74, 6) is -2.21. The lowest BCUT2D eigenvalue weighted by Gasteiger charge is -2.47. The van der Waals surface area contributed by atoms with Crippen molar-refractivity contribution in [1.29, 1.82) is 5.26 Å². The van der Waals surface area contributed by atoms with Crippen LogP contribution in [-0.2, 0) is 14.3 Å². The number of allylic oxidation sites excluding steroid dienone is 1. The molecule has 1 amide bonds. The molecule has 2 atom stereocenters. The predicted molar refractivity (Wildman–Crippen MR) is 83.1 cm³/mol. The van der Waals surface area contributed by atoms with E-state index in [0.29, 0.717) is 44.8 Å². The monoisotopic (exact) mass is 334 g/mol. The minimum absolute atomic E-state index is 0.257. The first-order valence-electron chi connectivity index (χ1n) is 8.23. The number of hydrogen-bond donors (Lipinski definition) is 2. The van der Waals surface area contributed by atoms with Gasteiger partial charge in [0.2, 0.25) is 11.8 Å². The number of carbonyl (C=O) groups is 2. The van der Waals surface area contributed by atoms with Gasteiger partial charge in [-0.15, -0.1) is 0 Å². The van der Waals surface area contributed by atoms with Gasteiger partial charge in [0.15, 0.2) is 0 Å². The van der Waals surface area contributed by atoms with Crippen LogP contribution in [-0.4, -0.2) is 71.3 Å². The number of rotatable bonds is 4. The molecular weight excluding hydrogens is 312 g/mol. The molecule has 3 heterocycles. The molecule has 130 valence electrons. The van der Waals surface area contributed by atoms with E-state index in [-0.39, 0.29) is 12.2 Å². The van der Waals surface area contributed by atoms with Gasteiger partial charge in [-0.3, -0.25) is 14.5 Å². The van der Waals surface area contributed by atoms with Crippen LogP contribution in [0.2, 0.25) is 0 Å². The summed E-state index contributed by atoms with van der Waals surface area (Å²) in [6.45, 7) is 3.97. The number of morpholine rings is 1. The van der Waals surface area contributed by atoms with E-state index in [4.69, 9.17) is 4.74 Å². The quantitative estimate of drug-likeness (QED) is 0.656. The van der Waals surface area contributed by atoms with Crippen LogP contribution in [0.1, 0.15) is 26.2 Å². The van der Waals surface area contributed by atoms with Gasteiger partial charge in [-0.25, -0.2) is 0 Å². The summed E-state index contributed by atoms with van der Waals surface area (Å²) in [5, 5.41) is 23.8. The summed E-state index contributed by atoms with van der Waals surface area (Å²) in [6.07, 6.45) is 1.31. The van der Waals surface area contributed by atoms with Crippen molar-refractivity contribution < 1.29 is 19.4 Å². The lowest BCUT2D eigenvalue weighted by Crippen LogP contribution is -2.69. The first kappa shape index (κ1) is 16.9. The van der Waals surface area contributed by atoms with E-state index in [1.807, 2.05) is 9.80 Å². The molecule has 0 radical (unpaired) electrons. The number of nitrogens with one attached hydrogen (secondary N) is 1. The van der Waals surface area contributed by atoms with E-state index in [9.17, 15) is 20.0 Å². The molecule has 0 aromatic heterocycles. The molecule has 3 aliphatic rings. The van der Waals surface area contributed by atoms with Crippen LogP contribution < -0.4 is 5.32 Å². The summed E-state index contributed by atoms with van der Waals surface area (Å²) < 4.78 is 5.36. The van der Waals surface area contributed by atoms with Crippen molar-refractivity contribution in [1.82, 2.24) is 15.1 Å². The Kier molecular flexibility index (Phi) is 4.58. The molecule has 2 fully saturated rings. The lowest BCUT2D eigenvalue weighted by atomic mass is 10.0. The van der Waals surface area contributed by atoms with Gasteiger partial charge < -0.3 is 20.1 Å². The van der Waals surface area contributed by atoms with E-state index in [2.05, 4.69) is 11.4 Å². The van der Waals surface area contributed by atoms with Crippen LogP contribution in [0.3, 0.4) is 0 Å². The second-order valence-corrected chi connectivity index (χ2v) is 6.39. The fourth-order valence-corrected chi connectivity index (χ4v) is 3.82. The van der Waals surface area contributed by atoms with E-state index >= 15 is 0 Å². The van der Waals surface area contributed by atoms with Crippen molar-refractivity contribution >= 4 is 11.7 Å². The average Bonchev–Trinajstić information content (AvgIpc) is 3.11. The molecule has 0 saturated carbocycles. The van der Waals surface area contributed by atoms with E-state index in [0.717, 1.165) is 12.1 Å². The van der Waals surface area contributed by atoms with Crippen LogP contribution in [0.15, 0.2) is 11.3 Å². The zero-order chi connectivity index (χ0) is 17.3. The normalized spacial score (nSPS) is 30.2. The Hall–Kier alpha value is -1.95. The van der Waals surface area contributed by atoms with E-state index in [1.54, 1.807) is 0 Å². The largest absolute Gasteiger partial charge is 0.379 e. The second-order valence-electron chi connectivity index (χ2n) is 6.39. The van der Waals surface area contributed by atoms with Gasteiger partial charge in [0.25, 0.3) is 0 Å². The Morgan fingerprint density at radius 2 is 2.12 bits per heavy atom. The number of amides is 1. The first-order chi connectivity index (χ1) is 11.5. The highest BCUT2D eigenvalue weighted by Crippen LogP contribution is 2.43. The van der Waals surface area contributed by atoms with Gasteiger partial charge in [0.05, 0.1) is 31.3 Å². The fraction of sp³-hybridized carbons (Fsp3) is 0.688. The maximum Gasteiger partial charge on any atom is 0.228 e. The number of Topliss-reactive ketones (excluding diaryl/α,β-unsaturated/α-hetero) is 1. The van der Waals surface area contributed by atoms with Crippen molar-refractivity contribution in [3.8, 4) is 6.07 Å². The zero-order valence-corrected chi connectivity index (χ0v) is 13.7. The molecule has 2 N–H and O–H groups in total. The maximum absolute atomic E-state index is 12.1. The summed E-state index contributed by atoms with van der Waals surface area (Å²) in [7, 11) is 0. The highest BCUT2D eigenvalue weighted by atomic mass is 16.5. The molecule has 0 spiro atoms. The van der Waals surface area contributed by atoms with Crippen molar-refractivity contribution in [3.63, 3.8) is 0 Å². The van der Waals surface area contributed by atoms with Gasteiger partial charge >= 0.3 is 0 Å². The van der Waals surface area contributed by atoms with E-state index < -0.39 is 17.8 Å². The second kappa shape index (κ2) is 6.51. The molecular formula is C16H22N4O4. The highest BCUT2D eigenvalue weighted by molar-refractivity contribution is 5.97. The Labute approximate surface area is 140 Å². The van der Waals surface area contributed by atoms with Crippen molar-refractivity contribution in [2.75, 3.05) is 32.8 Å². The van der Waals surface area contributed by atoms with Gasteiger partial charge in [0.1, 0.15) is 11.8 Å². The topological polar surface area (TPSA) is 106 Å². The fourth-order valence-electron chi connectivity index (χ4n) is 3.82. The minimum Gasteiger partial charge on any atom is -0.379 e. The number of ether oxygens (including phenoxy) is 1. The SMILES string of the molecule is CC(=O)CC(=O)NC1C(C#N)=C2CCCN2C1(O)N1CCOCC1. The number of nitrogens with zero attached hydrogens (tertiary/aromatic N) is 3. The van der Waals surface area contributed by atoms with Crippen LogP contribution >= 0.6 is 0 Å². The Balaban J connectivity index is 1.93. The number of ketones is 1. The van der Waals surface area contributed by atoms with Crippen molar-refractivity contribution in [3.05, 3.63) is 11.3 Å². The Morgan fingerprint density at radius 3 is 2.75 bits per heavy atom. The maximum atomic E-state index is 12.1. The highest BCUT2D eigenvalue weighted by Gasteiger charge is 2.57. The van der Waals surface area contributed by atoms with Crippen LogP contribution in [0, 0.1) is 11.3 Å². The first-order valence-corrected chi connectivity index (χ1v) is 8.23. The molecule has 2 saturated heterocycles. The van der Waals surface area contributed by atoms with Gasteiger partial charge in [-0.2, -0.15) is 5.26 Å². The summed E-state index contributed by atoms with van der Waals surface area (Å²) in [5.41, 5.74) is 1.18. The number of hydrogen-bond acceptors (Lipinski definition) is 7. The Bertz CT molecular complexity index is 620. The molecule has 0 aromatic rings. The van der Waals surface area contributed by atoms with Crippen LogP contribution in [0.5, 0.6) is 0 Å². The van der Waals surface area contributed by atoms with Gasteiger partial charge in [-0.05, 0) is 19.8 Å². The van der Waals surface area contributed by atoms with Crippen molar-refractivity contribution in [2.45, 2.75) is 38.1 Å². The number of nitriles is 1. The molecule has 3 aliphatic heterocycles. The van der Waals surface area contributed by atoms with Gasteiger partial charge in [-0.1, -0.05) is 0 Å². The average molecular weight is 334 g/mol. The standard InChI is InChI=1S/C16H22N4O4/c1-11(21)9-14(22)18-15-12(10-17)13-3-2-4-20(13)16(15,23)19-5-7-24-8-6-19/h15,23H,2-9H2,1H3,(H,18,22). The third-order valence-electron chi connectivity index (χ3n) is 4.82. The molecule has 24 heavy (non-hydrogen) atoms. The number of carbonyl (C=O) groups excluding carboxylic acids is 2. The van der Waals surface area contributed by atoms with Crippen LogP contribution in [0.4, 0.5) is 0 Å². The summed E-state index contributed by atoms with van der Waals surface area (Å²) in [4.78, 5) is 27.0. The Morgan fingerprint density at radius 1 is 1.42 bits per heavy atom. The molecule has 0 aliphatic carbocycles. The molecule has 0 aromatic carbocycles. The number of fused-ring (bicyclic) bond motifs is 1. The third kappa shape index (κ3) is 2.69. The minimum atomic E-state index is -1.48. The molecule has 8 nitrogen and oxygen atoms in total. The lowest BCUT2D eigenvalue weighted by molar-refractivity contribution is -0.219. The van der Waals surface area contributed by atoms with E-state index in [1.165, 1.54) is 6.92 Å². The predicted octanol–water partition coefficient (Wildman–Crippen LogP) is -0.684. The molecule has 3 rings (SSSR count). The van der Waals surface area contributed by atoms with Crippen LogP contribution in [0.25, 0.3) is 0 Å². The molecule has 8 heteroatoms.